The van der Waals surface area contributed by atoms with Crippen LogP contribution < -0.4 is 9.47 Å². The van der Waals surface area contributed by atoms with Crippen LogP contribution in [0.5, 0.6) is 11.5 Å². The molecule has 2 aliphatic rings. The molecule has 1 fully saturated rings. The number of hydrogen-bond acceptors (Lipinski definition) is 5. The number of carbonyl (C=O) groups is 2. The summed E-state index contributed by atoms with van der Waals surface area (Å²) in [5.74, 6) is 1.18. The Morgan fingerprint density at radius 3 is 2.29 bits per heavy atom. The lowest BCUT2D eigenvalue weighted by Crippen LogP contribution is -2.55. The van der Waals surface area contributed by atoms with Crippen molar-refractivity contribution in [2.75, 3.05) is 32.8 Å². The Kier molecular flexibility index (Phi) is 5.34. The normalized spacial score (nSPS) is 18.0. The summed E-state index contributed by atoms with van der Waals surface area (Å²) in [6.07, 6.45) is -0.654. The molecule has 3 aromatic rings. The highest BCUT2D eigenvalue weighted by Crippen LogP contribution is 2.32. The maximum Gasteiger partial charge on any atom is 0.267 e. The SMILES string of the molecule is O=C(c1sccc1-c1ccccc1)N1CCN(C(=O)[C@H]2COc3ccccc3O2)CC1. The van der Waals surface area contributed by atoms with Gasteiger partial charge in [0.05, 0.1) is 4.88 Å². The summed E-state index contributed by atoms with van der Waals surface area (Å²) in [4.78, 5) is 30.4. The second-order valence-corrected chi connectivity index (χ2v) is 8.43. The molecule has 3 heterocycles. The molecule has 31 heavy (non-hydrogen) atoms. The van der Waals surface area contributed by atoms with E-state index in [-0.39, 0.29) is 18.4 Å². The molecular weight excluding hydrogens is 412 g/mol. The van der Waals surface area contributed by atoms with Crippen LogP contribution in [0.1, 0.15) is 9.67 Å². The van der Waals surface area contributed by atoms with Crippen LogP contribution in [0.4, 0.5) is 0 Å². The third-order valence-corrected chi connectivity index (χ3v) is 6.51. The van der Waals surface area contributed by atoms with Gasteiger partial charge in [0.1, 0.15) is 6.61 Å². The Labute approximate surface area is 184 Å². The summed E-state index contributed by atoms with van der Waals surface area (Å²) in [6.45, 7) is 2.17. The third-order valence-electron chi connectivity index (χ3n) is 5.61. The van der Waals surface area contributed by atoms with Crippen LogP contribution in [0.15, 0.2) is 66.0 Å². The van der Waals surface area contributed by atoms with Gasteiger partial charge in [-0.25, -0.2) is 0 Å². The van der Waals surface area contributed by atoms with Crippen LogP contribution in [-0.4, -0.2) is 60.5 Å². The first-order chi connectivity index (χ1) is 15.2. The molecule has 0 N–H and O–H groups in total. The smallest absolute Gasteiger partial charge is 0.267 e. The van der Waals surface area contributed by atoms with E-state index in [4.69, 9.17) is 9.47 Å². The number of rotatable bonds is 3. The van der Waals surface area contributed by atoms with Crippen LogP contribution >= 0.6 is 11.3 Å². The van der Waals surface area contributed by atoms with Crippen LogP contribution in [0, 0.1) is 0 Å². The lowest BCUT2D eigenvalue weighted by molar-refractivity contribution is -0.142. The molecule has 0 spiro atoms. The number of carbonyl (C=O) groups excluding carboxylic acids is 2. The van der Waals surface area contributed by atoms with Crippen molar-refractivity contribution in [1.82, 2.24) is 9.80 Å². The van der Waals surface area contributed by atoms with Gasteiger partial charge in [-0.15, -0.1) is 11.3 Å². The van der Waals surface area contributed by atoms with E-state index in [0.29, 0.717) is 37.7 Å². The maximum atomic E-state index is 13.2. The van der Waals surface area contributed by atoms with Gasteiger partial charge in [-0.1, -0.05) is 42.5 Å². The lowest BCUT2D eigenvalue weighted by atomic mass is 10.1. The van der Waals surface area contributed by atoms with Crippen molar-refractivity contribution in [2.24, 2.45) is 0 Å². The monoisotopic (exact) mass is 434 g/mol. The molecule has 0 radical (unpaired) electrons. The standard InChI is InChI=1S/C24H22N2O4S/c27-23(21-16-29-19-8-4-5-9-20(19)30-21)25-11-13-26(14-12-25)24(28)22-18(10-15-31-22)17-6-2-1-3-7-17/h1-10,15,21H,11-14,16H2/t21-/m1/s1. The molecule has 7 heteroatoms. The fraction of sp³-hybridized carbons (Fsp3) is 0.250. The number of amides is 2. The first-order valence-electron chi connectivity index (χ1n) is 10.3. The van der Waals surface area contributed by atoms with Crippen LogP contribution in [0.25, 0.3) is 11.1 Å². The zero-order valence-electron chi connectivity index (χ0n) is 16.9. The minimum Gasteiger partial charge on any atom is -0.485 e. The molecule has 6 nitrogen and oxygen atoms in total. The second-order valence-electron chi connectivity index (χ2n) is 7.51. The van der Waals surface area contributed by atoms with Gasteiger partial charge < -0.3 is 19.3 Å². The van der Waals surface area contributed by atoms with Crippen molar-refractivity contribution >= 4 is 23.2 Å². The van der Waals surface area contributed by atoms with E-state index in [1.165, 1.54) is 11.3 Å². The second kappa shape index (κ2) is 8.43. The van der Waals surface area contributed by atoms with Crippen molar-refractivity contribution < 1.29 is 19.1 Å². The van der Waals surface area contributed by atoms with Gasteiger partial charge in [0.15, 0.2) is 11.5 Å². The molecule has 0 aliphatic carbocycles. The fourth-order valence-electron chi connectivity index (χ4n) is 3.94. The summed E-state index contributed by atoms with van der Waals surface area (Å²) < 4.78 is 11.5. The van der Waals surface area contributed by atoms with Gasteiger partial charge in [-0.3, -0.25) is 9.59 Å². The Morgan fingerprint density at radius 1 is 0.839 bits per heavy atom. The molecular formula is C24H22N2O4S. The molecule has 1 aromatic heterocycles. The zero-order valence-corrected chi connectivity index (χ0v) is 17.7. The highest BCUT2D eigenvalue weighted by molar-refractivity contribution is 7.12. The predicted molar refractivity (Wildman–Crippen MR) is 119 cm³/mol. The highest BCUT2D eigenvalue weighted by Gasteiger charge is 2.34. The van der Waals surface area contributed by atoms with Gasteiger partial charge in [-0.05, 0) is 29.1 Å². The molecule has 2 aliphatic heterocycles. The van der Waals surface area contributed by atoms with E-state index in [9.17, 15) is 9.59 Å². The summed E-state index contributed by atoms with van der Waals surface area (Å²) >= 11 is 1.46. The third kappa shape index (κ3) is 3.88. The molecule has 1 atom stereocenters. The van der Waals surface area contributed by atoms with E-state index in [1.54, 1.807) is 11.0 Å². The zero-order chi connectivity index (χ0) is 21.2. The van der Waals surface area contributed by atoms with Gasteiger partial charge in [0.25, 0.3) is 11.8 Å². The number of piperazine rings is 1. The molecule has 158 valence electrons. The summed E-state index contributed by atoms with van der Waals surface area (Å²) in [5, 5.41) is 1.95. The predicted octanol–water partition coefficient (Wildman–Crippen LogP) is 3.54. The Hall–Kier alpha value is -3.32. The van der Waals surface area contributed by atoms with Crippen molar-refractivity contribution in [2.45, 2.75) is 6.10 Å². The molecule has 0 saturated carbocycles. The first-order valence-corrected chi connectivity index (χ1v) is 11.2. The summed E-state index contributed by atoms with van der Waals surface area (Å²) in [6, 6.07) is 19.3. The van der Waals surface area contributed by atoms with Crippen LogP contribution in [-0.2, 0) is 4.79 Å². The average Bonchev–Trinajstić information content (AvgIpc) is 3.33. The van der Waals surface area contributed by atoms with Crippen LogP contribution in [0.3, 0.4) is 0 Å². The van der Waals surface area contributed by atoms with Crippen LogP contribution in [0.2, 0.25) is 0 Å². The highest BCUT2D eigenvalue weighted by atomic mass is 32.1. The molecule has 2 aromatic carbocycles. The van der Waals surface area contributed by atoms with Gasteiger partial charge >= 0.3 is 0 Å². The Bertz CT molecular complexity index is 1090. The lowest BCUT2D eigenvalue weighted by Gasteiger charge is -2.37. The van der Waals surface area contributed by atoms with Crippen molar-refractivity contribution in [3.8, 4) is 22.6 Å². The number of para-hydroxylation sites is 2. The quantitative estimate of drug-likeness (QED) is 0.633. The maximum absolute atomic E-state index is 13.2. The van der Waals surface area contributed by atoms with E-state index in [1.807, 2.05) is 64.9 Å². The topological polar surface area (TPSA) is 59.1 Å². The number of hydrogen-bond donors (Lipinski definition) is 0. The number of fused-ring (bicyclic) bond motifs is 1. The number of benzene rings is 2. The van der Waals surface area contributed by atoms with Gasteiger partial charge in [-0.2, -0.15) is 0 Å². The number of thiophene rings is 1. The minimum absolute atomic E-state index is 0.0205. The van der Waals surface area contributed by atoms with Gasteiger partial charge in [0.2, 0.25) is 6.10 Å². The average molecular weight is 435 g/mol. The van der Waals surface area contributed by atoms with Crippen molar-refractivity contribution in [1.29, 1.82) is 0 Å². The van der Waals surface area contributed by atoms with E-state index in [2.05, 4.69) is 0 Å². The Balaban J connectivity index is 1.22. The van der Waals surface area contributed by atoms with Crippen molar-refractivity contribution in [3.05, 3.63) is 70.9 Å². The molecule has 5 rings (SSSR count). The number of nitrogens with zero attached hydrogens (tertiary/aromatic N) is 2. The van der Waals surface area contributed by atoms with Crippen molar-refractivity contribution in [3.63, 3.8) is 0 Å². The fourth-order valence-corrected chi connectivity index (χ4v) is 4.82. The number of ether oxygens (including phenoxy) is 2. The van der Waals surface area contributed by atoms with Gasteiger partial charge in [0, 0.05) is 31.7 Å². The molecule has 0 bridgehead atoms. The molecule has 0 unspecified atom stereocenters. The summed E-state index contributed by atoms with van der Waals surface area (Å²) in [7, 11) is 0. The molecule has 1 saturated heterocycles. The van der Waals surface area contributed by atoms with E-state index in [0.717, 1.165) is 16.0 Å². The first kappa shape index (κ1) is 19.6. The van der Waals surface area contributed by atoms with E-state index >= 15 is 0 Å². The minimum atomic E-state index is -0.654. The summed E-state index contributed by atoms with van der Waals surface area (Å²) in [5.41, 5.74) is 2.00. The Morgan fingerprint density at radius 2 is 1.52 bits per heavy atom. The molecule has 2 amide bonds. The van der Waals surface area contributed by atoms with E-state index < -0.39 is 6.10 Å². The largest absolute Gasteiger partial charge is 0.485 e.